The predicted molar refractivity (Wildman–Crippen MR) is 56.9 cm³/mol. The van der Waals surface area contributed by atoms with Gasteiger partial charge in [0.2, 0.25) is 0 Å². The van der Waals surface area contributed by atoms with Gasteiger partial charge in [-0.15, -0.1) is 0 Å². The summed E-state index contributed by atoms with van der Waals surface area (Å²) in [5.74, 6) is 0.704. The molecule has 0 unspecified atom stereocenters. The zero-order valence-corrected chi connectivity index (χ0v) is 9.71. The van der Waals surface area contributed by atoms with Gasteiger partial charge in [0.1, 0.15) is 5.78 Å². The van der Waals surface area contributed by atoms with Crippen molar-refractivity contribution < 1.29 is 9.90 Å². The average Bonchev–Trinajstić information content (AvgIpc) is 2.02. The monoisotopic (exact) mass is 198 g/mol. The van der Waals surface area contributed by atoms with Crippen LogP contribution in [0.1, 0.15) is 40.5 Å². The van der Waals surface area contributed by atoms with Crippen molar-refractivity contribution >= 4 is 5.78 Å². The highest BCUT2D eigenvalue weighted by molar-refractivity contribution is 5.85. The average molecular weight is 198 g/mol. The second kappa shape index (κ2) is 4.01. The van der Waals surface area contributed by atoms with Crippen LogP contribution in [0.15, 0.2) is 0 Å². The van der Waals surface area contributed by atoms with Crippen LogP contribution in [0.5, 0.6) is 0 Å². The highest BCUT2D eigenvalue weighted by Crippen LogP contribution is 2.42. The van der Waals surface area contributed by atoms with Gasteiger partial charge < -0.3 is 5.11 Å². The lowest BCUT2D eigenvalue weighted by Gasteiger charge is -2.41. The van der Waals surface area contributed by atoms with Crippen molar-refractivity contribution in [1.29, 1.82) is 0 Å². The Bertz CT molecular complexity index is 218. The van der Waals surface area contributed by atoms with Crippen molar-refractivity contribution in [2.45, 2.75) is 40.5 Å². The zero-order chi connectivity index (χ0) is 10.9. The van der Waals surface area contributed by atoms with E-state index in [4.69, 9.17) is 0 Å². The second-order valence-electron chi connectivity index (χ2n) is 5.52. The minimum Gasteiger partial charge on any atom is -0.396 e. The van der Waals surface area contributed by atoms with Gasteiger partial charge in [-0.2, -0.15) is 0 Å². The van der Waals surface area contributed by atoms with E-state index in [1.165, 1.54) is 0 Å². The molecule has 1 N–H and O–H groups in total. The molecule has 1 rings (SSSR count). The molecule has 0 saturated heterocycles. The van der Waals surface area contributed by atoms with E-state index in [2.05, 4.69) is 27.7 Å². The fourth-order valence-electron chi connectivity index (χ4n) is 2.49. The van der Waals surface area contributed by atoms with Gasteiger partial charge in [0.05, 0.1) is 6.61 Å². The van der Waals surface area contributed by atoms with Gasteiger partial charge in [-0.1, -0.05) is 27.7 Å². The van der Waals surface area contributed by atoms with Crippen molar-refractivity contribution in [2.24, 2.45) is 23.2 Å². The fraction of sp³-hybridized carbons (Fsp3) is 0.917. The Morgan fingerprint density at radius 2 is 2.07 bits per heavy atom. The molecule has 2 heteroatoms. The quantitative estimate of drug-likeness (QED) is 0.739. The van der Waals surface area contributed by atoms with Gasteiger partial charge >= 0.3 is 0 Å². The summed E-state index contributed by atoms with van der Waals surface area (Å²) >= 11 is 0. The molecule has 0 radical (unpaired) electrons. The molecule has 0 aromatic rings. The van der Waals surface area contributed by atoms with E-state index in [9.17, 15) is 9.90 Å². The number of aliphatic hydroxyl groups excluding tert-OH is 1. The van der Waals surface area contributed by atoms with Crippen LogP contribution in [-0.4, -0.2) is 17.5 Å². The second-order valence-corrected chi connectivity index (χ2v) is 5.52. The molecule has 0 aromatic heterocycles. The van der Waals surface area contributed by atoms with Crippen LogP contribution in [0.25, 0.3) is 0 Å². The Kier molecular flexibility index (Phi) is 3.36. The van der Waals surface area contributed by atoms with Crippen molar-refractivity contribution in [1.82, 2.24) is 0 Å². The van der Waals surface area contributed by atoms with Crippen LogP contribution >= 0.6 is 0 Å². The number of carbonyl (C=O) groups is 1. The predicted octanol–water partition coefficient (Wildman–Crippen LogP) is 2.26. The fourth-order valence-corrected chi connectivity index (χ4v) is 2.49. The molecule has 14 heavy (non-hydrogen) atoms. The first kappa shape index (κ1) is 11.7. The minimum atomic E-state index is -0.149. The number of hydrogen-bond donors (Lipinski definition) is 1. The Balaban J connectivity index is 2.82. The molecule has 2 atom stereocenters. The third-order valence-electron chi connectivity index (χ3n) is 3.74. The molecule has 1 saturated carbocycles. The van der Waals surface area contributed by atoms with Gasteiger partial charge in [0.25, 0.3) is 0 Å². The van der Waals surface area contributed by atoms with Crippen LogP contribution < -0.4 is 0 Å². The molecule has 1 aliphatic carbocycles. The molecule has 0 amide bonds. The zero-order valence-electron chi connectivity index (χ0n) is 9.71. The minimum absolute atomic E-state index is 0.00898. The molecule has 0 spiro atoms. The molecule has 0 heterocycles. The normalized spacial score (nSPS) is 32.3. The molecule has 82 valence electrons. The van der Waals surface area contributed by atoms with Crippen molar-refractivity contribution in [2.75, 3.05) is 6.61 Å². The van der Waals surface area contributed by atoms with Crippen molar-refractivity contribution in [3.8, 4) is 0 Å². The van der Waals surface area contributed by atoms with Crippen LogP contribution in [0.3, 0.4) is 0 Å². The molecular formula is C12H22O2. The number of rotatable bonds is 2. The summed E-state index contributed by atoms with van der Waals surface area (Å²) in [5, 5.41) is 9.28. The molecular weight excluding hydrogens is 176 g/mol. The maximum absolute atomic E-state index is 12.1. The molecule has 2 nitrogen and oxygen atoms in total. The summed E-state index contributed by atoms with van der Waals surface area (Å²) in [6.45, 7) is 8.37. The SMILES string of the molecule is CC(C)[C@@H]1CCC(C)(C)[C@@H](CO)C1=O. The molecule has 0 bridgehead atoms. The Morgan fingerprint density at radius 1 is 1.50 bits per heavy atom. The highest BCUT2D eigenvalue weighted by Gasteiger charge is 2.43. The molecule has 1 aliphatic rings. The standard InChI is InChI=1S/C12H22O2/c1-8(2)9-5-6-12(3,4)10(7-13)11(9)14/h8-10,13H,5-7H2,1-4H3/t9-,10-/m0/s1. The number of hydrogen-bond acceptors (Lipinski definition) is 2. The van der Waals surface area contributed by atoms with Crippen molar-refractivity contribution in [3.05, 3.63) is 0 Å². The van der Waals surface area contributed by atoms with E-state index in [0.717, 1.165) is 12.8 Å². The van der Waals surface area contributed by atoms with Crippen LogP contribution in [0.2, 0.25) is 0 Å². The number of carbonyl (C=O) groups excluding carboxylic acids is 1. The summed E-state index contributed by atoms with van der Waals surface area (Å²) in [4.78, 5) is 12.1. The topological polar surface area (TPSA) is 37.3 Å². The van der Waals surface area contributed by atoms with Gasteiger partial charge in [-0.05, 0) is 24.2 Å². The maximum Gasteiger partial charge on any atom is 0.142 e. The van der Waals surface area contributed by atoms with Gasteiger partial charge in [-0.25, -0.2) is 0 Å². The summed E-state index contributed by atoms with van der Waals surface area (Å²) in [6.07, 6.45) is 2.03. The van der Waals surface area contributed by atoms with E-state index in [1.807, 2.05) is 0 Å². The molecule has 0 aromatic carbocycles. The number of aliphatic hydroxyl groups is 1. The smallest absolute Gasteiger partial charge is 0.142 e. The third-order valence-corrected chi connectivity index (χ3v) is 3.74. The van der Waals surface area contributed by atoms with E-state index < -0.39 is 0 Å². The Morgan fingerprint density at radius 3 is 2.50 bits per heavy atom. The van der Waals surface area contributed by atoms with E-state index in [-0.39, 0.29) is 29.6 Å². The summed E-state index contributed by atoms with van der Waals surface area (Å²) < 4.78 is 0. The number of ketones is 1. The van der Waals surface area contributed by atoms with Crippen LogP contribution in [-0.2, 0) is 4.79 Å². The summed E-state index contributed by atoms with van der Waals surface area (Å²) in [7, 11) is 0. The largest absolute Gasteiger partial charge is 0.396 e. The lowest BCUT2D eigenvalue weighted by molar-refractivity contribution is -0.138. The summed E-state index contributed by atoms with van der Waals surface area (Å²) in [5.41, 5.74) is -0.0166. The maximum atomic E-state index is 12.1. The number of Topliss-reactive ketones (excluding diaryl/α,β-unsaturated/α-hetero) is 1. The van der Waals surface area contributed by atoms with Gasteiger partial charge in [0, 0.05) is 11.8 Å². The lowest BCUT2D eigenvalue weighted by atomic mass is 9.63. The highest BCUT2D eigenvalue weighted by atomic mass is 16.3. The van der Waals surface area contributed by atoms with Gasteiger partial charge in [-0.3, -0.25) is 4.79 Å². The Hall–Kier alpha value is -0.370. The van der Waals surface area contributed by atoms with E-state index in [0.29, 0.717) is 5.92 Å². The van der Waals surface area contributed by atoms with E-state index in [1.54, 1.807) is 0 Å². The summed E-state index contributed by atoms with van der Waals surface area (Å²) in [6, 6.07) is 0. The van der Waals surface area contributed by atoms with Crippen molar-refractivity contribution in [3.63, 3.8) is 0 Å². The van der Waals surface area contributed by atoms with E-state index >= 15 is 0 Å². The van der Waals surface area contributed by atoms with Crippen LogP contribution in [0.4, 0.5) is 0 Å². The lowest BCUT2D eigenvalue weighted by Crippen LogP contribution is -2.43. The first-order valence-electron chi connectivity index (χ1n) is 5.54. The first-order chi connectivity index (χ1) is 6.40. The van der Waals surface area contributed by atoms with Crippen LogP contribution in [0, 0.1) is 23.2 Å². The first-order valence-corrected chi connectivity index (χ1v) is 5.54. The third kappa shape index (κ3) is 2.00. The molecule has 0 aliphatic heterocycles. The van der Waals surface area contributed by atoms with Gasteiger partial charge in [0.15, 0.2) is 0 Å². The Labute approximate surface area is 86.7 Å². The molecule has 1 fully saturated rings.